The second-order valence-corrected chi connectivity index (χ2v) is 6.36. The van der Waals surface area contributed by atoms with E-state index in [1.807, 2.05) is 30.3 Å². The predicted molar refractivity (Wildman–Crippen MR) is 105 cm³/mol. The average Bonchev–Trinajstić information content (AvgIpc) is 2.96. The van der Waals surface area contributed by atoms with Crippen molar-refractivity contribution in [3.8, 4) is 0 Å². The smallest absolute Gasteiger partial charge is 0.241 e. The van der Waals surface area contributed by atoms with Crippen LogP contribution in [-0.2, 0) is 27.3 Å². The summed E-state index contributed by atoms with van der Waals surface area (Å²) in [5.74, 6) is -0.537. The van der Waals surface area contributed by atoms with Crippen LogP contribution in [0.4, 0.5) is 5.69 Å². The Kier molecular flexibility index (Phi) is 7.10. The minimum atomic E-state index is -0.642. The van der Waals surface area contributed by atoms with Gasteiger partial charge in [0.2, 0.25) is 17.7 Å². The van der Waals surface area contributed by atoms with Gasteiger partial charge in [0.05, 0.1) is 12.6 Å². The largest absolute Gasteiger partial charge is 0.325 e. The molecule has 1 aliphatic rings. The number of nitrogens with two attached hydrogens (primary N) is 1. The molecular weight excluding hydrogens is 366 g/mol. The maximum Gasteiger partial charge on any atom is 0.241 e. The monoisotopic (exact) mass is 387 g/mol. The van der Waals surface area contributed by atoms with Crippen molar-refractivity contribution in [2.75, 3.05) is 5.32 Å². The number of halogens is 1. The lowest BCUT2D eigenvalue weighted by molar-refractivity contribution is -0.139. The molecule has 1 atom stereocenters. The van der Waals surface area contributed by atoms with Gasteiger partial charge in [-0.05, 0) is 29.7 Å². The van der Waals surface area contributed by atoms with E-state index >= 15 is 0 Å². The van der Waals surface area contributed by atoms with Gasteiger partial charge in [0.25, 0.3) is 0 Å². The van der Waals surface area contributed by atoms with Crippen molar-refractivity contribution in [1.29, 1.82) is 0 Å². The van der Waals surface area contributed by atoms with Gasteiger partial charge in [-0.25, -0.2) is 0 Å². The average molecular weight is 388 g/mol. The van der Waals surface area contributed by atoms with Crippen LogP contribution in [0.1, 0.15) is 24.0 Å². The molecular formula is C20H22ClN3O3. The molecule has 1 heterocycles. The van der Waals surface area contributed by atoms with Crippen LogP contribution in [0, 0.1) is 0 Å². The molecule has 1 fully saturated rings. The maximum atomic E-state index is 12.2. The molecule has 0 radical (unpaired) electrons. The van der Waals surface area contributed by atoms with Gasteiger partial charge in [-0.3, -0.25) is 19.3 Å². The number of carbonyl (C=O) groups excluding carboxylic acids is 3. The molecule has 2 aromatic carbocycles. The number of benzene rings is 2. The number of hydrogen-bond donors (Lipinski definition) is 2. The topological polar surface area (TPSA) is 92.5 Å². The molecule has 142 valence electrons. The van der Waals surface area contributed by atoms with Crippen LogP contribution >= 0.6 is 12.4 Å². The molecule has 0 spiro atoms. The van der Waals surface area contributed by atoms with E-state index in [1.54, 1.807) is 24.3 Å². The molecule has 3 rings (SSSR count). The summed E-state index contributed by atoms with van der Waals surface area (Å²) < 4.78 is 0. The maximum absolute atomic E-state index is 12.2. The van der Waals surface area contributed by atoms with Gasteiger partial charge in [-0.15, -0.1) is 12.4 Å². The standard InChI is InChI=1S/C20H21N3O3.ClH/c21-17(12-14-4-2-1-3-5-14)20(26)22-16-8-6-15(7-9-16)13-23-18(24)10-11-19(23)25;/h1-9,17H,10-13,21H2,(H,22,26);1H/t17-;/m0./s1. The molecule has 1 aliphatic heterocycles. The molecule has 2 aromatic rings. The van der Waals surface area contributed by atoms with Crippen LogP contribution in [0.5, 0.6) is 0 Å². The highest BCUT2D eigenvalue weighted by Crippen LogP contribution is 2.17. The van der Waals surface area contributed by atoms with E-state index in [2.05, 4.69) is 5.32 Å². The zero-order valence-corrected chi connectivity index (χ0v) is 15.6. The Balaban J connectivity index is 0.00000261. The van der Waals surface area contributed by atoms with Crippen molar-refractivity contribution in [1.82, 2.24) is 4.90 Å². The predicted octanol–water partition coefficient (Wildman–Crippen LogP) is 2.27. The summed E-state index contributed by atoms with van der Waals surface area (Å²) in [7, 11) is 0. The Morgan fingerprint density at radius 3 is 2.15 bits per heavy atom. The van der Waals surface area contributed by atoms with Crippen LogP contribution in [0.2, 0.25) is 0 Å². The molecule has 0 aliphatic carbocycles. The van der Waals surface area contributed by atoms with E-state index in [4.69, 9.17) is 5.73 Å². The lowest BCUT2D eigenvalue weighted by Gasteiger charge is -2.15. The number of carbonyl (C=O) groups is 3. The quantitative estimate of drug-likeness (QED) is 0.743. The molecule has 3 N–H and O–H groups in total. The fraction of sp³-hybridized carbons (Fsp3) is 0.250. The molecule has 1 saturated heterocycles. The van der Waals surface area contributed by atoms with Gasteiger partial charge in [0.1, 0.15) is 0 Å². The first kappa shape index (κ1) is 20.6. The van der Waals surface area contributed by atoms with E-state index in [0.29, 0.717) is 12.1 Å². The van der Waals surface area contributed by atoms with Crippen molar-refractivity contribution in [3.05, 3.63) is 65.7 Å². The number of imide groups is 1. The van der Waals surface area contributed by atoms with Crippen molar-refractivity contribution in [3.63, 3.8) is 0 Å². The number of likely N-dealkylation sites (tertiary alicyclic amines) is 1. The number of rotatable bonds is 6. The Bertz CT molecular complexity index is 793. The molecule has 3 amide bonds. The van der Waals surface area contributed by atoms with Crippen molar-refractivity contribution >= 4 is 35.8 Å². The summed E-state index contributed by atoms with van der Waals surface area (Å²) in [5, 5.41) is 2.79. The van der Waals surface area contributed by atoms with Crippen molar-refractivity contribution in [2.45, 2.75) is 31.8 Å². The molecule has 27 heavy (non-hydrogen) atoms. The Labute approximate surface area is 164 Å². The third-order valence-electron chi connectivity index (χ3n) is 4.35. The first-order valence-corrected chi connectivity index (χ1v) is 8.55. The van der Waals surface area contributed by atoms with E-state index in [0.717, 1.165) is 11.1 Å². The molecule has 0 bridgehead atoms. The number of anilines is 1. The van der Waals surface area contributed by atoms with Crippen LogP contribution in [0.25, 0.3) is 0 Å². The molecule has 7 heteroatoms. The van der Waals surface area contributed by atoms with E-state index in [9.17, 15) is 14.4 Å². The van der Waals surface area contributed by atoms with Gasteiger partial charge >= 0.3 is 0 Å². The molecule has 0 aromatic heterocycles. The minimum Gasteiger partial charge on any atom is -0.325 e. The third kappa shape index (κ3) is 5.39. The van der Waals surface area contributed by atoms with E-state index in [1.165, 1.54) is 4.90 Å². The van der Waals surface area contributed by atoms with Gasteiger partial charge in [-0.1, -0.05) is 42.5 Å². The van der Waals surface area contributed by atoms with Gasteiger partial charge in [0, 0.05) is 18.5 Å². The summed E-state index contributed by atoms with van der Waals surface area (Å²) in [4.78, 5) is 36.8. The van der Waals surface area contributed by atoms with E-state index in [-0.39, 0.29) is 49.5 Å². The second kappa shape index (κ2) is 9.30. The number of amides is 3. The molecule has 0 unspecified atom stereocenters. The fourth-order valence-corrected chi connectivity index (χ4v) is 2.87. The minimum absolute atomic E-state index is 0. The number of nitrogens with zero attached hydrogens (tertiary/aromatic N) is 1. The van der Waals surface area contributed by atoms with Gasteiger partial charge < -0.3 is 11.1 Å². The zero-order chi connectivity index (χ0) is 18.5. The first-order valence-electron chi connectivity index (χ1n) is 8.55. The summed E-state index contributed by atoms with van der Waals surface area (Å²) in [5.41, 5.74) is 8.44. The van der Waals surface area contributed by atoms with Crippen LogP contribution in [-0.4, -0.2) is 28.7 Å². The normalized spacial score (nSPS) is 14.6. The summed E-state index contributed by atoms with van der Waals surface area (Å²) in [6, 6.07) is 16.0. The number of nitrogens with one attached hydrogen (secondary N) is 1. The lowest BCUT2D eigenvalue weighted by atomic mass is 10.1. The summed E-state index contributed by atoms with van der Waals surface area (Å²) in [6.07, 6.45) is 1.03. The highest BCUT2D eigenvalue weighted by molar-refractivity contribution is 6.01. The van der Waals surface area contributed by atoms with E-state index < -0.39 is 6.04 Å². The van der Waals surface area contributed by atoms with Crippen molar-refractivity contribution in [2.24, 2.45) is 5.73 Å². The fourth-order valence-electron chi connectivity index (χ4n) is 2.87. The highest BCUT2D eigenvalue weighted by atomic mass is 35.5. The number of hydrogen-bond acceptors (Lipinski definition) is 4. The molecule has 6 nitrogen and oxygen atoms in total. The third-order valence-corrected chi connectivity index (χ3v) is 4.35. The lowest BCUT2D eigenvalue weighted by Crippen LogP contribution is -2.37. The summed E-state index contributed by atoms with van der Waals surface area (Å²) in [6.45, 7) is 0.263. The highest BCUT2D eigenvalue weighted by Gasteiger charge is 2.28. The molecule has 0 saturated carbocycles. The SMILES string of the molecule is Cl.N[C@@H](Cc1ccccc1)C(=O)Nc1ccc(CN2C(=O)CCC2=O)cc1. The Morgan fingerprint density at radius 1 is 0.963 bits per heavy atom. The zero-order valence-electron chi connectivity index (χ0n) is 14.8. The van der Waals surface area contributed by atoms with Crippen LogP contribution < -0.4 is 11.1 Å². The van der Waals surface area contributed by atoms with Gasteiger partial charge in [0.15, 0.2) is 0 Å². The van der Waals surface area contributed by atoms with Gasteiger partial charge in [-0.2, -0.15) is 0 Å². The summed E-state index contributed by atoms with van der Waals surface area (Å²) >= 11 is 0. The van der Waals surface area contributed by atoms with Crippen LogP contribution in [0.15, 0.2) is 54.6 Å². The van der Waals surface area contributed by atoms with Crippen LogP contribution in [0.3, 0.4) is 0 Å². The Morgan fingerprint density at radius 2 is 1.56 bits per heavy atom. The first-order chi connectivity index (χ1) is 12.5. The Hall–Kier alpha value is -2.70. The van der Waals surface area contributed by atoms with Crippen molar-refractivity contribution < 1.29 is 14.4 Å². The second-order valence-electron chi connectivity index (χ2n) is 6.36.